The predicted molar refractivity (Wildman–Crippen MR) is 81.5 cm³/mol. The Labute approximate surface area is 121 Å². The second kappa shape index (κ2) is 8.59. The van der Waals surface area contributed by atoms with E-state index in [1.165, 1.54) is 0 Å². The molecular formula is C16H26N2O2. The Morgan fingerprint density at radius 2 is 2.10 bits per heavy atom. The summed E-state index contributed by atoms with van der Waals surface area (Å²) < 4.78 is 5.58. The van der Waals surface area contributed by atoms with Crippen molar-refractivity contribution in [2.75, 3.05) is 20.2 Å². The Kier molecular flexibility index (Phi) is 7.09. The molecule has 2 N–H and O–H groups in total. The average molecular weight is 278 g/mol. The SMILES string of the molecule is CCOc1ccccc1CN(C)C(=O)CCC(C)CN. The third-order valence-corrected chi connectivity index (χ3v) is 3.36. The number of carbonyl (C=O) groups is 1. The van der Waals surface area contributed by atoms with Gasteiger partial charge in [-0.2, -0.15) is 0 Å². The van der Waals surface area contributed by atoms with Gasteiger partial charge in [0, 0.05) is 25.6 Å². The normalized spacial score (nSPS) is 12.0. The van der Waals surface area contributed by atoms with Crippen molar-refractivity contribution in [3.05, 3.63) is 29.8 Å². The molecule has 0 bridgehead atoms. The molecule has 0 aromatic heterocycles. The monoisotopic (exact) mass is 278 g/mol. The Morgan fingerprint density at radius 3 is 2.75 bits per heavy atom. The van der Waals surface area contributed by atoms with E-state index in [-0.39, 0.29) is 5.91 Å². The summed E-state index contributed by atoms with van der Waals surface area (Å²) in [6.07, 6.45) is 1.39. The lowest BCUT2D eigenvalue weighted by Crippen LogP contribution is -2.27. The van der Waals surface area contributed by atoms with E-state index in [2.05, 4.69) is 6.92 Å². The zero-order valence-electron chi connectivity index (χ0n) is 12.8. The number of hydrogen-bond donors (Lipinski definition) is 1. The van der Waals surface area contributed by atoms with E-state index in [0.29, 0.717) is 32.0 Å². The average Bonchev–Trinajstić information content (AvgIpc) is 2.46. The first-order valence-electron chi connectivity index (χ1n) is 7.23. The van der Waals surface area contributed by atoms with E-state index in [9.17, 15) is 4.79 Å². The van der Waals surface area contributed by atoms with E-state index in [1.54, 1.807) is 4.90 Å². The van der Waals surface area contributed by atoms with Crippen LogP contribution in [0.25, 0.3) is 0 Å². The summed E-state index contributed by atoms with van der Waals surface area (Å²) in [6, 6.07) is 7.84. The van der Waals surface area contributed by atoms with Crippen LogP contribution in [-0.2, 0) is 11.3 Å². The van der Waals surface area contributed by atoms with Gasteiger partial charge in [0.2, 0.25) is 5.91 Å². The molecule has 4 heteroatoms. The highest BCUT2D eigenvalue weighted by Crippen LogP contribution is 2.20. The fraction of sp³-hybridized carbons (Fsp3) is 0.562. The minimum atomic E-state index is 0.150. The van der Waals surface area contributed by atoms with E-state index in [4.69, 9.17) is 10.5 Å². The van der Waals surface area contributed by atoms with Gasteiger partial charge in [0.15, 0.2) is 0 Å². The molecular weight excluding hydrogens is 252 g/mol. The summed E-state index contributed by atoms with van der Waals surface area (Å²) in [6.45, 7) is 5.86. The number of nitrogens with zero attached hydrogens (tertiary/aromatic N) is 1. The minimum absolute atomic E-state index is 0.150. The first-order chi connectivity index (χ1) is 9.58. The van der Waals surface area contributed by atoms with Crippen molar-refractivity contribution in [1.29, 1.82) is 0 Å². The summed E-state index contributed by atoms with van der Waals surface area (Å²) in [5.41, 5.74) is 6.61. The molecule has 0 aliphatic heterocycles. The maximum absolute atomic E-state index is 12.1. The smallest absolute Gasteiger partial charge is 0.222 e. The number of nitrogens with two attached hydrogens (primary N) is 1. The third kappa shape index (κ3) is 5.21. The van der Waals surface area contributed by atoms with Crippen molar-refractivity contribution < 1.29 is 9.53 Å². The summed E-state index contributed by atoms with van der Waals surface area (Å²) in [7, 11) is 1.83. The summed E-state index contributed by atoms with van der Waals surface area (Å²) >= 11 is 0. The summed E-state index contributed by atoms with van der Waals surface area (Å²) in [5.74, 6) is 1.39. The lowest BCUT2D eigenvalue weighted by molar-refractivity contribution is -0.130. The second-order valence-corrected chi connectivity index (χ2v) is 5.17. The standard InChI is InChI=1S/C16H26N2O2/c1-4-20-15-8-6-5-7-14(15)12-18(3)16(19)10-9-13(2)11-17/h5-8,13H,4,9-12,17H2,1-3H3. The van der Waals surface area contributed by atoms with Crippen molar-refractivity contribution in [2.24, 2.45) is 11.7 Å². The largest absolute Gasteiger partial charge is 0.494 e. The molecule has 1 unspecified atom stereocenters. The number of hydrogen-bond acceptors (Lipinski definition) is 3. The summed E-state index contributed by atoms with van der Waals surface area (Å²) in [4.78, 5) is 13.8. The first kappa shape index (κ1) is 16.5. The van der Waals surface area contributed by atoms with E-state index in [1.807, 2.05) is 38.2 Å². The number of carbonyl (C=O) groups excluding carboxylic acids is 1. The molecule has 20 heavy (non-hydrogen) atoms. The molecule has 4 nitrogen and oxygen atoms in total. The van der Waals surface area contributed by atoms with Crippen molar-refractivity contribution in [2.45, 2.75) is 33.2 Å². The van der Waals surface area contributed by atoms with E-state index >= 15 is 0 Å². The van der Waals surface area contributed by atoms with Crippen LogP contribution >= 0.6 is 0 Å². The van der Waals surface area contributed by atoms with Crippen molar-refractivity contribution in [3.8, 4) is 5.75 Å². The highest BCUT2D eigenvalue weighted by Gasteiger charge is 2.13. The number of para-hydroxylation sites is 1. The molecule has 0 saturated heterocycles. The Morgan fingerprint density at radius 1 is 1.40 bits per heavy atom. The van der Waals surface area contributed by atoms with Crippen LogP contribution in [0, 0.1) is 5.92 Å². The van der Waals surface area contributed by atoms with Crippen molar-refractivity contribution in [1.82, 2.24) is 4.90 Å². The number of amides is 1. The zero-order valence-corrected chi connectivity index (χ0v) is 12.8. The predicted octanol–water partition coefficient (Wildman–Crippen LogP) is 2.42. The Hall–Kier alpha value is -1.55. The van der Waals surface area contributed by atoms with Gasteiger partial charge in [-0.3, -0.25) is 4.79 Å². The highest BCUT2D eigenvalue weighted by molar-refractivity contribution is 5.75. The van der Waals surface area contributed by atoms with Crippen LogP contribution < -0.4 is 10.5 Å². The Balaban J connectivity index is 2.57. The maximum Gasteiger partial charge on any atom is 0.222 e. The highest BCUT2D eigenvalue weighted by atomic mass is 16.5. The lowest BCUT2D eigenvalue weighted by atomic mass is 10.1. The van der Waals surface area contributed by atoms with Gasteiger partial charge in [0.25, 0.3) is 0 Å². The van der Waals surface area contributed by atoms with Gasteiger partial charge in [-0.15, -0.1) is 0 Å². The molecule has 0 saturated carbocycles. The molecule has 0 aliphatic rings. The van der Waals surface area contributed by atoms with Gasteiger partial charge < -0.3 is 15.4 Å². The molecule has 0 spiro atoms. The molecule has 1 aromatic rings. The fourth-order valence-electron chi connectivity index (χ4n) is 1.95. The lowest BCUT2D eigenvalue weighted by Gasteiger charge is -2.20. The van der Waals surface area contributed by atoms with Gasteiger partial charge in [-0.25, -0.2) is 0 Å². The molecule has 1 atom stereocenters. The third-order valence-electron chi connectivity index (χ3n) is 3.36. The molecule has 1 aromatic carbocycles. The summed E-state index contributed by atoms with van der Waals surface area (Å²) in [5, 5.41) is 0. The first-order valence-corrected chi connectivity index (χ1v) is 7.23. The van der Waals surface area contributed by atoms with E-state index in [0.717, 1.165) is 17.7 Å². The van der Waals surface area contributed by atoms with Gasteiger partial charge in [-0.05, 0) is 31.9 Å². The molecule has 0 fully saturated rings. The van der Waals surface area contributed by atoms with Gasteiger partial charge in [-0.1, -0.05) is 25.1 Å². The molecule has 0 heterocycles. The van der Waals surface area contributed by atoms with Crippen LogP contribution in [0.1, 0.15) is 32.3 Å². The Bertz CT molecular complexity index is 421. The van der Waals surface area contributed by atoms with Crippen LogP contribution in [0.2, 0.25) is 0 Å². The van der Waals surface area contributed by atoms with Crippen LogP contribution in [0.5, 0.6) is 5.75 Å². The molecule has 0 radical (unpaired) electrons. The van der Waals surface area contributed by atoms with E-state index < -0.39 is 0 Å². The van der Waals surface area contributed by atoms with Gasteiger partial charge in [0.1, 0.15) is 5.75 Å². The van der Waals surface area contributed by atoms with Crippen LogP contribution in [-0.4, -0.2) is 31.0 Å². The number of ether oxygens (including phenoxy) is 1. The second-order valence-electron chi connectivity index (χ2n) is 5.17. The number of rotatable bonds is 8. The number of benzene rings is 1. The van der Waals surface area contributed by atoms with Crippen molar-refractivity contribution in [3.63, 3.8) is 0 Å². The molecule has 1 amide bonds. The minimum Gasteiger partial charge on any atom is -0.494 e. The maximum atomic E-state index is 12.1. The van der Waals surface area contributed by atoms with Crippen LogP contribution in [0.3, 0.4) is 0 Å². The fourth-order valence-corrected chi connectivity index (χ4v) is 1.95. The van der Waals surface area contributed by atoms with Crippen LogP contribution in [0.15, 0.2) is 24.3 Å². The van der Waals surface area contributed by atoms with Crippen molar-refractivity contribution >= 4 is 5.91 Å². The van der Waals surface area contributed by atoms with Crippen LogP contribution in [0.4, 0.5) is 0 Å². The zero-order chi connectivity index (χ0) is 15.0. The molecule has 1 rings (SSSR count). The van der Waals surface area contributed by atoms with Gasteiger partial charge in [0.05, 0.1) is 6.61 Å². The topological polar surface area (TPSA) is 55.6 Å². The molecule has 0 aliphatic carbocycles. The quantitative estimate of drug-likeness (QED) is 0.794. The van der Waals surface area contributed by atoms with Gasteiger partial charge >= 0.3 is 0 Å². The molecule has 112 valence electrons.